The maximum Gasteiger partial charge on any atom is 0.241 e. The van der Waals surface area contributed by atoms with Gasteiger partial charge in [0.15, 0.2) is 5.78 Å². The van der Waals surface area contributed by atoms with Gasteiger partial charge in [0.25, 0.3) is 0 Å². The fraction of sp³-hybridized carbons (Fsp3) is 0.429. The molecule has 0 N–H and O–H groups in total. The van der Waals surface area contributed by atoms with Gasteiger partial charge in [0.05, 0.1) is 0 Å². The Morgan fingerprint density at radius 2 is 2.11 bits per heavy atom. The second kappa shape index (κ2) is 5.11. The van der Waals surface area contributed by atoms with Crippen molar-refractivity contribution in [3.8, 4) is 0 Å². The van der Waals surface area contributed by atoms with Gasteiger partial charge in [0, 0.05) is 23.7 Å². The minimum atomic E-state index is -0.0849. The van der Waals surface area contributed by atoms with E-state index in [2.05, 4.69) is 0 Å². The van der Waals surface area contributed by atoms with Crippen LogP contribution in [0, 0.1) is 5.92 Å². The fourth-order valence-electron chi connectivity index (χ4n) is 2.22. The average molecular weight is 266 g/mol. The van der Waals surface area contributed by atoms with Gasteiger partial charge in [-0.3, -0.25) is 9.59 Å². The van der Waals surface area contributed by atoms with Crippen molar-refractivity contribution in [2.24, 2.45) is 5.92 Å². The Bertz CT molecular complexity index is 497. The van der Waals surface area contributed by atoms with Crippen LogP contribution in [0.5, 0.6) is 0 Å². The first-order valence-corrected chi connectivity index (χ1v) is 6.61. The lowest BCUT2D eigenvalue weighted by molar-refractivity contribution is -0.116. The number of hydrogen-bond donors (Lipinski definition) is 0. The maximum atomic E-state index is 11.9. The summed E-state index contributed by atoms with van der Waals surface area (Å²) in [5, 5.41) is 0. The molecular formula is C14H16ClNO2. The molecule has 96 valence electrons. The minimum absolute atomic E-state index is 0.00782. The van der Waals surface area contributed by atoms with Crippen LogP contribution >= 0.6 is 11.6 Å². The maximum absolute atomic E-state index is 11.9. The van der Waals surface area contributed by atoms with Crippen LogP contribution in [0.2, 0.25) is 0 Å². The lowest BCUT2D eigenvalue weighted by Crippen LogP contribution is -2.29. The number of benzene rings is 1. The molecule has 1 aromatic carbocycles. The standard InChI is InChI=1S/C14H16ClNO2/c1-9(2)14(18)11-3-4-12-10(7-11)5-6-16(12)13(17)8-15/h3-4,7,9H,5-6,8H2,1-2H3. The summed E-state index contributed by atoms with van der Waals surface area (Å²) in [6.45, 7) is 4.43. The molecule has 0 bridgehead atoms. The van der Waals surface area contributed by atoms with Crippen LogP contribution in [0.3, 0.4) is 0 Å². The van der Waals surface area contributed by atoms with Crippen LogP contribution < -0.4 is 4.90 Å². The van der Waals surface area contributed by atoms with Crippen molar-refractivity contribution in [3.63, 3.8) is 0 Å². The normalized spacial score (nSPS) is 13.9. The smallest absolute Gasteiger partial charge is 0.241 e. The van der Waals surface area contributed by atoms with E-state index >= 15 is 0 Å². The molecular weight excluding hydrogens is 250 g/mol. The van der Waals surface area contributed by atoms with Crippen molar-refractivity contribution in [2.45, 2.75) is 20.3 Å². The molecule has 0 radical (unpaired) electrons. The number of hydrogen-bond acceptors (Lipinski definition) is 2. The van der Waals surface area contributed by atoms with Gasteiger partial charge >= 0.3 is 0 Å². The van der Waals surface area contributed by atoms with Gasteiger partial charge in [0.1, 0.15) is 5.88 Å². The molecule has 0 aromatic heterocycles. The zero-order chi connectivity index (χ0) is 13.3. The summed E-state index contributed by atoms with van der Waals surface area (Å²) in [4.78, 5) is 25.2. The lowest BCUT2D eigenvalue weighted by Gasteiger charge is -2.16. The zero-order valence-corrected chi connectivity index (χ0v) is 11.3. The first-order valence-electron chi connectivity index (χ1n) is 6.08. The molecule has 0 spiro atoms. The van der Waals surface area contributed by atoms with E-state index in [1.54, 1.807) is 11.0 Å². The molecule has 0 aliphatic carbocycles. The van der Waals surface area contributed by atoms with Gasteiger partial charge in [-0.25, -0.2) is 0 Å². The molecule has 0 atom stereocenters. The number of carbonyl (C=O) groups is 2. The molecule has 1 aliphatic rings. The molecule has 1 amide bonds. The molecule has 1 aromatic rings. The molecule has 3 nitrogen and oxygen atoms in total. The third kappa shape index (κ3) is 2.27. The summed E-state index contributed by atoms with van der Waals surface area (Å²) in [5.74, 6) is 0.0369. The summed E-state index contributed by atoms with van der Waals surface area (Å²) in [5.41, 5.74) is 2.67. The van der Waals surface area contributed by atoms with Gasteiger partial charge in [-0.05, 0) is 30.2 Å². The summed E-state index contributed by atoms with van der Waals surface area (Å²) in [6, 6.07) is 5.54. The molecule has 0 saturated heterocycles. The van der Waals surface area contributed by atoms with Crippen molar-refractivity contribution in [1.82, 2.24) is 0 Å². The van der Waals surface area contributed by atoms with E-state index in [1.807, 2.05) is 26.0 Å². The third-order valence-electron chi connectivity index (χ3n) is 3.20. The second-order valence-corrected chi connectivity index (χ2v) is 5.06. The second-order valence-electron chi connectivity index (χ2n) is 4.79. The Morgan fingerprint density at radius 3 is 2.72 bits per heavy atom. The predicted molar refractivity (Wildman–Crippen MR) is 72.4 cm³/mol. The summed E-state index contributed by atoms with van der Waals surface area (Å²) in [7, 11) is 0. The number of amides is 1. The highest BCUT2D eigenvalue weighted by Crippen LogP contribution is 2.29. The highest BCUT2D eigenvalue weighted by Gasteiger charge is 2.25. The number of alkyl halides is 1. The molecule has 0 unspecified atom stereocenters. The fourth-order valence-corrected chi connectivity index (χ4v) is 2.36. The Labute approximate surface area is 112 Å². The number of Topliss-reactive ketones (excluding diaryl/α,β-unsaturated/α-hetero) is 1. The largest absolute Gasteiger partial charge is 0.311 e. The van der Waals surface area contributed by atoms with Gasteiger partial charge in [0.2, 0.25) is 5.91 Å². The van der Waals surface area contributed by atoms with Crippen LogP contribution in [-0.2, 0) is 11.2 Å². The number of halogens is 1. The number of carbonyl (C=O) groups excluding carboxylic acids is 2. The Hall–Kier alpha value is -1.35. The zero-order valence-electron chi connectivity index (χ0n) is 10.6. The van der Waals surface area contributed by atoms with Crippen molar-refractivity contribution in [1.29, 1.82) is 0 Å². The van der Waals surface area contributed by atoms with Crippen LogP contribution in [0.15, 0.2) is 18.2 Å². The third-order valence-corrected chi connectivity index (χ3v) is 3.43. The van der Waals surface area contributed by atoms with Gasteiger partial charge in [-0.15, -0.1) is 11.6 Å². The molecule has 0 saturated carbocycles. The quantitative estimate of drug-likeness (QED) is 0.622. The first kappa shape index (κ1) is 13.1. The number of fused-ring (bicyclic) bond motifs is 1. The topological polar surface area (TPSA) is 37.4 Å². The van der Waals surface area contributed by atoms with Crippen LogP contribution in [0.1, 0.15) is 29.8 Å². The Kier molecular flexibility index (Phi) is 3.71. The van der Waals surface area contributed by atoms with Crippen molar-refractivity contribution in [2.75, 3.05) is 17.3 Å². The van der Waals surface area contributed by atoms with Crippen molar-refractivity contribution >= 4 is 29.0 Å². The van der Waals surface area contributed by atoms with Crippen molar-refractivity contribution in [3.05, 3.63) is 29.3 Å². The first-order chi connectivity index (χ1) is 8.54. The number of ketones is 1. The Balaban J connectivity index is 2.31. The van der Waals surface area contributed by atoms with Gasteiger partial charge < -0.3 is 4.90 Å². The van der Waals surface area contributed by atoms with E-state index in [0.717, 1.165) is 23.2 Å². The minimum Gasteiger partial charge on any atom is -0.311 e. The SMILES string of the molecule is CC(C)C(=O)c1ccc2c(c1)CCN2C(=O)CCl. The van der Waals surface area contributed by atoms with E-state index in [1.165, 1.54) is 0 Å². The van der Waals surface area contributed by atoms with Crippen molar-refractivity contribution < 1.29 is 9.59 Å². The van der Waals surface area contributed by atoms with Gasteiger partial charge in [-0.1, -0.05) is 13.8 Å². The van der Waals surface area contributed by atoms with Crippen LogP contribution in [0.25, 0.3) is 0 Å². The highest BCUT2D eigenvalue weighted by atomic mass is 35.5. The van der Waals surface area contributed by atoms with E-state index in [-0.39, 0.29) is 23.5 Å². The number of rotatable bonds is 3. The summed E-state index contributed by atoms with van der Waals surface area (Å²) in [6.07, 6.45) is 0.789. The van der Waals surface area contributed by atoms with Crippen LogP contribution in [-0.4, -0.2) is 24.1 Å². The molecule has 2 rings (SSSR count). The van der Waals surface area contributed by atoms with Crippen LogP contribution in [0.4, 0.5) is 5.69 Å². The average Bonchev–Trinajstić information content (AvgIpc) is 2.79. The number of anilines is 1. The van der Waals surface area contributed by atoms with E-state index in [4.69, 9.17) is 11.6 Å². The summed E-state index contributed by atoms with van der Waals surface area (Å²) < 4.78 is 0. The molecule has 1 aliphatic heterocycles. The van der Waals surface area contributed by atoms with E-state index in [9.17, 15) is 9.59 Å². The van der Waals surface area contributed by atoms with E-state index in [0.29, 0.717) is 6.54 Å². The summed E-state index contributed by atoms with van der Waals surface area (Å²) >= 11 is 5.58. The lowest BCUT2D eigenvalue weighted by atomic mass is 9.98. The molecule has 4 heteroatoms. The predicted octanol–water partition coefficient (Wildman–Crippen LogP) is 2.65. The Morgan fingerprint density at radius 1 is 1.39 bits per heavy atom. The molecule has 0 fully saturated rings. The monoisotopic (exact) mass is 265 g/mol. The molecule has 1 heterocycles. The number of nitrogens with zero attached hydrogens (tertiary/aromatic N) is 1. The highest BCUT2D eigenvalue weighted by molar-refractivity contribution is 6.29. The van der Waals surface area contributed by atoms with Gasteiger partial charge in [-0.2, -0.15) is 0 Å². The van der Waals surface area contributed by atoms with E-state index < -0.39 is 0 Å². The molecule has 18 heavy (non-hydrogen) atoms.